The van der Waals surface area contributed by atoms with Crippen molar-refractivity contribution >= 4 is 42.7 Å². The number of aliphatic carboxylic acids is 1. The van der Waals surface area contributed by atoms with E-state index in [9.17, 15) is 18.3 Å². The molecular weight excluding hydrogens is 398 g/mol. The fraction of sp³-hybridized carbons (Fsp3) is 0.312. The van der Waals surface area contributed by atoms with E-state index in [0.29, 0.717) is 18.4 Å². The monoisotopic (exact) mass is 415 g/mol. The van der Waals surface area contributed by atoms with Gasteiger partial charge >= 0.3 is 5.97 Å². The number of benzene rings is 2. The summed E-state index contributed by atoms with van der Waals surface area (Å²) >= 11 is 3.39. The number of sulfonamides is 1. The molecule has 1 atom stereocenters. The van der Waals surface area contributed by atoms with E-state index in [1.165, 1.54) is 13.2 Å². The molecule has 2 aromatic rings. The van der Waals surface area contributed by atoms with Crippen molar-refractivity contribution in [3.63, 3.8) is 0 Å². The van der Waals surface area contributed by atoms with Gasteiger partial charge in [0.1, 0.15) is 6.04 Å². The average Bonchev–Trinajstić information content (AvgIpc) is 2.54. The third kappa shape index (κ3) is 4.32. The van der Waals surface area contributed by atoms with Crippen LogP contribution in [0.15, 0.2) is 45.8 Å². The number of methoxy groups -OCH3 is 1. The van der Waals surface area contributed by atoms with Crippen molar-refractivity contribution in [2.45, 2.75) is 23.8 Å². The fourth-order valence-electron chi connectivity index (χ4n) is 2.38. The number of hydrogen-bond acceptors (Lipinski definition) is 4. The number of hydrogen-bond donors (Lipinski definition) is 2. The summed E-state index contributed by atoms with van der Waals surface area (Å²) in [5.41, 5.74) is 0. The summed E-state index contributed by atoms with van der Waals surface area (Å²) < 4.78 is 33.3. The fourth-order valence-corrected chi connectivity index (χ4v) is 4.30. The normalized spacial score (nSPS) is 13.1. The zero-order chi connectivity index (χ0) is 17.7. The van der Waals surface area contributed by atoms with Crippen LogP contribution in [0, 0.1) is 0 Å². The van der Waals surface area contributed by atoms with Gasteiger partial charge in [-0.25, -0.2) is 8.42 Å². The molecule has 1 unspecified atom stereocenters. The summed E-state index contributed by atoms with van der Waals surface area (Å²) in [7, 11) is -2.47. The van der Waals surface area contributed by atoms with E-state index < -0.39 is 22.0 Å². The summed E-state index contributed by atoms with van der Waals surface area (Å²) in [6.45, 7) is 0.368. The lowest BCUT2D eigenvalue weighted by Crippen LogP contribution is -2.40. The minimum absolute atomic E-state index is 0.0549. The van der Waals surface area contributed by atoms with Crippen molar-refractivity contribution < 1.29 is 23.1 Å². The highest BCUT2D eigenvalue weighted by Crippen LogP contribution is 2.29. The number of fused-ring (bicyclic) bond motifs is 1. The average molecular weight is 416 g/mol. The maximum absolute atomic E-state index is 12.7. The lowest BCUT2D eigenvalue weighted by Gasteiger charge is -2.16. The molecule has 130 valence electrons. The molecule has 0 spiro atoms. The number of halogens is 1. The molecule has 0 aliphatic rings. The van der Waals surface area contributed by atoms with E-state index in [1.807, 2.05) is 6.07 Å². The molecule has 0 radical (unpaired) electrons. The summed E-state index contributed by atoms with van der Waals surface area (Å²) in [6.07, 6.45) is 0.591. The Kier molecular flexibility index (Phi) is 6.34. The zero-order valence-electron chi connectivity index (χ0n) is 13.0. The Balaban J connectivity index is 2.36. The Morgan fingerprint density at radius 2 is 1.92 bits per heavy atom. The van der Waals surface area contributed by atoms with Crippen molar-refractivity contribution in [3.05, 3.63) is 40.9 Å². The summed E-state index contributed by atoms with van der Waals surface area (Å²) in [4.78, 5) is 11.4. The first kappa shape index (κ1) is 18.9. The van der Waals surface area contributed by atoms with Gasteiger partial charge in [-0.05, 0) is 30.4 Å². The topological polar surface area (TPSA) is 92.7 Å². The van der Waals surface area contributed by atoms with E-state index in [-0.39, 0.29) is 11.3 Å². The van der Waals surface area contributed by atoms with Gasteiger partial charge in [-0.2, -0.15) is 4.72 Å². The molecule has 0 bridgehead atoms. The molecule has 24 heavy (non-hydrogen) atoms. The first-order chi connectivity index (χ1) is 11.4. The quantitative estimate of drug-likeness (QED) is 0.646. The van der Waals surface area contributed by atoms with Gasteiger partial charge in [0.2, 0.25) is 10.0 Å². The molecule has 8 heteroatoms. The second-order valence-corrected chi connectivity index (χ2v) is 7.77. The van der Waals surface area contributed by atoms with Crippen molar-refractivity contribution in [1.29, 1.82) is 0 Å². The highest BCUT2D eigenvalue weighted by molar-refractivity contribution is 9.10. The van der Waals surface area contributed by atoms with Crippen LogP contribution < -0.4 is 4.72 Å². The van der Waals surface area contributed by atoms with Crippen LogP contribution in [-0.2, 0) is 19.6 Å². The molecule has 0 amide bonds. The highest BCUT2D eigenvalue weighted by atomic mass is 79.9. The van der Waals surface area contributed by atoms with Crippen LogP contribution in [0.5, 0.6) is 0 Å². The van der Waals surface area contributed by atoms with Gasteiger partial charge in [0.05, 0.1) is 4.90 Å². The minimum Gasteiger partial charge on any atom is -0.480 e. The molecule has 6 nitrogen and oxygen atoms in total. The molecule has 2 rings (SSSR count). The molecule has 0 aliphatic carbocycles. The Hall–Kier alpha value is -1.48. The Bertz CT molecular complexity index is 837. The Labute approximate surface area is 149 Å². The van der Waals surface area contributed by atoms with Crippen molar-refractivity contribution in [1.82, 2.24) is 4.72 Å². The lowest BCUT2D eigenvalue weighted by atomic mass is 10.1. The standard InChI is InChI=1S/C16H18BrNO5S/c1-23-10-4-7-14(16(19)20)18-24(21,22)15-9-8-13(17)11-5-2-3-6-12(11)15/h2-3,5-6,8-9,14,18H,4,7,10H2,1H3,(H,19,20). The van der Waals surface area contributed by atoms with Gasteiger partial charge in [0.15, 0.2) is 0 Å². The van der Waals surface area contributed by atoms with Crippen molar-refractivity contribution in [3.8, 4) is 0 Å². The van der Waals surface area contributed by atoms with Crippen LogP contribution in [-0.4, -0.2) is 39.3 Å². The van der Waals surface area contributed by atoms with E-state index in [4.69, 9.17) is 4.74 Å². The number of ether oxygens (including phenoxy) is 1. The predicted molar refractivity (Wildman–Crippen MR) is 94.5 cm³/mol. The van der Waals surface area contributed by atoms with Gasteiger partial charge in [-0.3, -0.25) is 4.79 Å². The van der Waals surface area contributed by atoms with Crippen LogP contribution in [0.3, 0.4) is 0 Å². The van der Waals surface area contributed by atoms with E-state index in [2.05, 4.69) is 20.7 Å². The highest BCUT2D eigenvalue weighted by Gasteiger charge is 2.26. The number of nitrogens with one attached hydrogen (secondary N) is 1. The molecular formula is C16H18BrNO5S. The lowest BCUT2D eigenvalue weighted by molar-refractivity contribution is -0.139. The van der Waals surface area contributed by atoms with Crippen LogP contribution in [0.2, 0.25) is 0 Å². The molecule has 0 aromatic heterocycles. The molecule has 2 aromatic carbocycles. The van der Waals surface area contributed by atoms with Gasteiger partial charge in [0.25, 0.3) is 0 Å². The zero-order valence-corrected chi connectivity index (χ0v) is 15.4. The smallest absolute Gasteiger partial charge is 0.321 e. The molecule has 0 fully saturated rings. The molecule has 2 N–H and O–H groups in total. The second kappa shape index (κ2) is 8.06. The molecule has 0 aliphatic heterocycles. The summed E-state index contributed by atoms with van der Waals surface area (Å²) in [6, 6.07) is 8.93. The molecule has 0 heterocycles. The van der Waals surface area contributed by atoms with Gasteiger partial charge in [0, 0.05) is 23.6 Å². The van der Waals surface area contributed by atoms with Crippen molar-refractivity contribution in [2.75, 3.05) is 13.7 Å². The maximum Gasteiger partial charge on any atom is 0.321 e. The van der Waals surface area contributed by atoms with E-state index in [0.717, 1.165) is 9.86 Å². The third-order valence-corrected chi connectivity index (χ3v) is 5.78. The number of carbonyl (C=O) groups is 1. The van der Waals surface area contributed by atoms with Crippen molar-refractivity contribution in [2.24, 2.45) is 0 Å². The number of carboxylic acid groups (broad SMARTS) is 1. The van der Waals surface area contributed by atoms with Crippen LogP contribution in [0.1, 0.15) is 12.8 Å². The third-order valence-electron chi connectivity index (χ3n) is 3.56. The van der Waals surface area contributed by atoms with E-state index >= 15 is 0 Å². The SMILES string of the molecule is COCCCC(NS(=O)(=O)c1ccc(Br)c2ccccc12)C(=O)O. The Morgan fingerprint density at radius 3 is 2.54 bits per heavy atom. The second-order valence-electron chi connectivity index (χ2n) is 5.24. The van der Waals surface area contributed by atoms with Crippen LogP contribution in [0.4, 0.5) is 0 Å². The summed E-state index contributed by atoms with van der Waals surface area (Å²) in [5, 5.41) is 10.5. The Morgan fingerprint density at radius 1 is 1.25 bits per heavy atom. The van der Waals surface area contributed by atoms with Gasteiger partial charge in [-0.1, -0.05) is 40.2 Å². The van der Waals surface area contributed by atoms with Crippen LogP contribution in [0.25, 0.3) is 10.8 Å². The largest absolute Gasteiger partial charge is 0.480 e. The van der Waals surface area contributed by atoms with Crippen LogP contribution >= 0.6 is 15.9 Å². The van der Waals surface area contributed by atoms with Gasteiger partial charge < -0.3 is 9.84 Å². The van der Waals surface area contributed by atoms with E-state index in [1.54, 1.807) is 24.3 Å². The molecule has 0 saturated carbocycles. The maximum atomic E-state index is 12.7. The first-order valence-electron chi connectivity index (χ1n) is 7.28. The van der Waals surface area contributed by atoms with Gasteiger partial charge in [-0.15, -0.1) is 0 Å². The predicted octanol–water partition coefficient (Wildman–Crippen LogP) is 2.76. The molecule has 0 saturated heterocycles. The summed E-state index contributed by atoms with van der Waals surface area (Å²) in [5.74, 6) is -1.21. The number of rotatable bonds is 8. The first-order valence-corrected chi connectivity index (χ1v) is 9.56. The number of carboxylic acids is 1. The minimum atomic E-state index is -3.98.